The van der Waals surface area contributed by atoms with Crippen LogP contribution in [0.2, 0.25) is 5.02 Å². The Hall–Kier alpha value is -3.20. The van der Waals surface area contributed by atoms with E-state index < -0.39 is 17.7 Å². The fourth-order valence-corrected chi connectivity index (χ4v) is 5.04. The van der Waals surface area contributed by atoms with Gasteiger partial charge in [-0.3, -0.25) is 18.9 Å². The van der Waals surface area contributed by atoms with Crippen LogP contribution in [0.1, 0.15) is 29.4 Å². The molecule has 0 spiro atoms. The molecule has 4 heterocycles. The van der Waals surface area contributed by atoms with Gasteiger partial charge >= 0.3 is 0 Å². The number of carbonyl (C=O) groups is 2. The fraction of sp³-hybridized carbons (Fsp3) is 0.346. The van der Waals surface area contributed by atoms with Crippen molar-refractivity contribution in [1.29, 1.82) is 0 Å². The quantitative estimate of drug-likeness (QED) is 0.321. The van der Waals surface area contributed by atoms with Crippen LogP contribution in [0.5, 0.6) is 0 Å². The lowest BCUT2D eigenvalue weighted by Gasteiger charge is -2.29. The molecule has 0 saturated carbocycles. The molecule has 5 rings (SSSR count). The molecule has 2 aromatic heterocycles. The van der Waals surface area contributed by atoms with Crippen molar-refractivity contribution >= 4 is 34.7 Å². The summed E-state index contributed by atoms with van der Waals surface area (Å²) in [5.41, 5.74) is 2.41. The van der Waals surface area contributed by atoms with E-state index in [2.05, 4.69) is 9.88 Å². The van der Waals surface area contributed by atoms with Crippen molar-refractivity contribution in [2.45, 2.75) is 19.4 Å². The first-order valence-electron chi connectivity index (χ1n) is 11.7. The van der Waals surface area contributed by atoms with Gasteiger partial charge in [-0.25, -0.2) is 4.98 Å². The summed E-state index contributed by atoms with van der Waals surface area (Å²) in [6, 6.07) is 11.8. The highest BCUT2D eigenvalue weighted by atomic mass is 35.5. The number of halogens is 1. The molecule has 0 bridgehead atoms. The van der Waals surface area contributed by atoms with Crippen molar-refractivity contribution in [3.8, 4) is 0 Å². The number of benzene rings is 1. The van der Waals surface area contributed by atoms with Gasteiger partial charge in [0.1, 0.15) is 11.3 Å². The largest absolute Gasteiger partial charge is 0.505 e. The Morgan fingerprint density at radius 2 is 1.86 bits per heavy atom. The van der Waals surface area contributed by atoms with Crippen molar-refractivity contribution in [3.63, 3.8) is 0 Å². The van der Waals surface area contributed by atoms with Gasteiger partial charge in [0.15, 0.2) is 5.76 Å². The van der Waals surface area contributed by atoms with Crippen LogP contribution in [0.3, 0.4) is 0 Å². The summed E-state index contributed by atoms with van der Waals surface area (Å²) in [5, 5.41) is 12.0. The lowest BCUT2D eigenvalue weighted by molar-refractivity contribution is -0.140. The third-order valence-corrected chi connectivity index (χ3v) is 6.88. The molecule has 8 nitrogen and oxygen atoms in total. The number of hydrogen-bond donors (Lipinski definition) is 1. The second-order valence-electron chi connectivity index (χ2n) is 8.83. The van der Waals surface area contributed by atoms with E-state index in [9.17, 15) is 14.7 Å². The van der Waals surface area contributed by atoms with Gasteiger partial charge in [0.2, 0.25) is 0 Å². The first-order valence-corrected chi connectivity index (χ1v) is 12.1. The Balaban J connectivity index is 1.54. The normalized spacial score (nSPS) is 20.7. The molecule has 9 heteroatoms. The Bertz CT molecular complexity index is 1290. The molecule has 1 amide bonds. The zero-order chi connectivity index (χ0) is 24.5. The number of aliphatic hydroxyl groups excluding tert-OH is 1. The molecule has 0 aliphatic carbocycles. The molecule has 0 radical (unpaired) electrons. The monoisotopic (exact) mass is 494 g/mol. The van der Waals surface area contributed by atoms with Crippen LogP contribution in [-0.2, 0) is 14.3 Å². The number of pyridine rings is 1. The topological polar surface area (TPSA) is 87.4 Å². The molecular weight excluding hydrogens is 468 g/mol. The summed E-state index contributed by atoms with van der Waals surface area (Å²) >= 11 is 6.11. The zero-order valence-electron chi connectivity index (χ0n) is 19.5. The first kappa shape index (κ1) is 23.5. The number of carbonyl (C=O) groups excluding carboxylic acids is 2. The second-order valence-corrected chi connectivity index (χ2v) is 9.26. The number of rotatable bonds is 6. The van der Waals surface area contributed by atoms with Crippen LogP contribution in [0, 0.1) is 6.92 Å². The maximum absolute atomic E-state index is 13.3. The van der Waals surface area contributed by atoms with E-state index in [1.54, 1.807) is 46.7 Å². The van der Waals surface area contributed by atoms with E-state index in [-0.39, 0.29) is 11.3 Å². The van der Waals surface area contributed by atoms with E-state index in [1.165, 1.54) is 0 Å². The minimum atomic E-state index is -0.717. The number of nitrogens with zero attached hydrogens (tertiary/aromatic N) is 4. The standard InChI is InChI=1S/C26H27ClN4O4/c1-17-22(30-11-3-2-5-20(30)28-17)24(32)21-23(18-6-8-19(27)9-7-18)31(26(34)25(21)33)12-4-10-29-13-15-35-16-14-29/h2-3,5-9,11,23,32H,4,10,12-16H2,1H3/t23-/m1/s1. The van der Waals surface area contributed by atoms with Gasteiger partial charge < -0.3 is 14.7 Å². The summed E-state index contributed by atoms with van der Waals surface area (Å²) in [7, 11) is 0. The molecular formula is C26H27ClN4O4. The van der Waals surface area contributed by atoms with Gasteiger partial charge in [-0.1, -0.05) is 29.8 Å². The highest BCUT2D eigenvalue weighted by Gasteiger charge is 2.46. The molecule has 3 aromatic rings. The van der Waals surface area contributed by atoms with Gasteiger partial charge in [-0.15, -0.1) is 0 Å². The van der Waals surface area contributed by atoms with E-state index >= 15 is 0 Å². The van der Waals surface area contributed by atoms with Crippen LogP contribution < -0.4 is 0 Å². The van der Waals surface area contributed by atoms with Gasteiger partial charge in [0.05, 0.1) is 30.5 Å². The maximum atomic E-state index is 13.3. The highest BCUT2D eigenvalue weighted by Crippen LogP contribution is 2.40. The summed E-state index contributed by atoms with van der Waals surface area (Å²) in [6.45, 7) is 6.07. The van der Waals surface area contributed by atoms with Crippen molar-refractivity contribution in [2.75, 3.05) is 39.4 Å². The average Bonchev–Trinajstić information content (AvgIpc) is 3.33. The molecule has 2 saturated heterocycles. The Kier molecular flexibility index (Phi) is 6.60. The van der Waals surface area contributed by atoms with Crippen molar-refractivity contribution in [2.24, 2.45) is 0 Å². The average molecular weight is 495 g/mol. The fourth-order valence-electron chi connectivity index (χ4n) is 4.92. The van der Waals surface area contributed by atoms with Gasteiger partial charge in [0.25, 0.3) is 11.7 Å². The number of imidazole rings is 1. The van der Waals surface area contributed by atoms with Gasteiger partial charge in [-0.05, 0) is 43.2 Å². The molecule has 1 N–H and O–H groups in total. The molecule has 1 atom stereocenters. The Morgan fingerprint density at radius 1 is 1.11 bits per heavy atom. The third-order valence-electron chi connectivity index (χ3n) is 6.63. The number of Topliss-reactive ketones (excluding diaryl/α,β-unsaturated/α-hetero) is 1. The number of likely N-dealkylation sites (tertiary alicyclic amines) is 1. The van der Waals surface area contributed by atoms with Crippen molar-refractivity contribution < 1.29 is 19.4 Å². The van der Waals surface area contributed by atoms with Gasteiger partial charge in [0, 0.05) is 37.4 Å². The van der Waals surface area contributed by atoms with E-state index in [0.717, 1.165) is 19.6 Å². The molecule has 35 heavy (non-hydrogen) atoms. The lowest BCUT2D eigenvalue weighted by Crippen LogP contribution is -2.38. The molecule has 1 aromatic carbocycles. The molecule has 2 aliphatic rings. The number of hydrogen-bond acceptors (Lipinski definition) is 6. The summed E-state index contributed by atoms with van der Waals surface area (Å²) in [5.74, 6) is -1.53. The third kappa shape index (κ3) is 4.45. The Morgan fingerprint density at radius 3 is 2.60 bits per heavy atom. The zero-order valence-corrected chi connectivity index (χ0v) is 20.2. The maximum Gasteiger partial charge on any atom is 0.295 e. The predicted octanol–water partition coefficient (Wildman–Crippen LogP) is 3.44. The summed E-state index contributed by atoms with van der Waals surface area (Å²) in [4.78, 5) is 34.9. The number of aromatic nitrogens is 2. The van der Waals surface area contributed by atoms with Crippen molar-refractivity contribution in [3.05, 3.63) is 76.2 Å². The highest BCUT2D eigenvalue weighted by molar-refractivity contribution is 6.46. The number of ketones is 1. The van der Waals surface area contributed by atoms with E-state index in [4.69, 9.17) is 16.3 Å². The SMILES string of the molecule is Cc1nc2ccccn2c1C(O)=C1C(=O)C(=O)N(CCCN2CCOCC2)[C@@H]1c1ccc(Cl)cc1. The van der Waals surface area contributed by atoms with Crippen LogP contribution in [0.4, 0.5) is 0 Å². The first-order chi connectivity index (χ1) is 17.0. The van der Waals surface area contributed by atoms with Crippen LogP contribution in [0.25, 0.3) is 11.4 Å². The Labute approximate surface area is 208 Å². The number of amides is 1. The number of morpholine rings is 1. The summed E-state index contributed by atoms with van der Waals surface area (Å²) in [6.07, 6.45) is 2.48. The number of aliphatic hydroxyl groups is 1. The minimum Gasteiger partial charge on any atom is -0.505 e. The minimum absolute atomic E-state index is 0.0671. The smallest absolute Gasteiger partial charge is 0.295 e. The molecule has 2 aliphatic heterocycles. The number of fused-ring (bicyclic) bond motifs is 1. The van der Waals surface area contributed by atoms with Gasteiger partial charge in [-0.2, -0.15) is 0 Å². The molecule has 2 fully saturated rings. The van der Waals surface area contributed by atoms with E-state index in [1.807, 2.05) is 18.2 Å². The van der Waals surface area contributed by atoms with Crippen molar-refractivity contribution in [1.82, 2.24) is 19.2 Å². The predicted molar refractivity (Wildman–Crippen MR) is 132 cm³/mol. The summed E-state index contributed by atoms with van der Waals surface area (Å²) < 4.78 is 7.14. The number of ether oxygens (including phenoxy) is 1. The molecule has 182 valence electrons. The molecule has 0 unspecified atom stereocenters. The second kappa shape index (κ2) is 9.81. The van der Waals surface area contributed by atoms with Crippen LogP contribution in [-0.4, -0.2) is 75.4 Å². The lowest BCUT2D eigenvalue weighted by atomic mass is 9.96. The van der Waals surface area contributed by atoms with E-state index in [0.29, 0.717) is 53.8 Å². The number of aryl methyl sites for hydroxylation is 1. The van der Waals surface area contributed by atoms with Crippen LogP contribution >= 0.6 is 11.6 Å². The van der Waals surface area contributed by atoms with Crippen LogP contribution in [0.15, 0.2) is 54.2 Å².